The van der Waals surface area contributed by atoms with Crippen LogP contribution in [0.1, 0.15) is 38.2 Å². The van der Waals surface area contributed by atoms with E-state index in [9.17, 15) is 9.59 Å². The van der Waals surface area contributed by atoms with E-state index in [1.807, 2.05) is 58.9 Å². The number of hydrogen-bond donors (Lipinski definition) is 2. The first-order chi connectivity index (χ1) is 11.3. The van der Waals surface area contributed by atoms with E-state index < -0.39 is 0 Å². The van der Waals surface area contributed by atoms with Gasteiger partial charge in [-0.05, 0) is 69.0 Å². The third-order valence-electron chi connectivity index (χ3n) is 4.12. The molecule has 0 aliphatic carbocycles. The first-order valence-electron chi connectivity index (χ1n) is 8.01. The molecule has 0 unspecified atom stereocenters. The third kappa shape index (κ3) is 4.22. The summed E-state index contributed by atoms with van der Waals surface area (Å²) in [5, 5.41) is 5.54. The number of anilines is 1. The Morgan fingerprint density at radius 3 is 2.04 bits per heavy atom. The predicted molar refractivity (Wildman–Crippen MR) is 97.5 cm³/mol. The molecule has 2 N–H and O–H groups in total. The Morgan fingerprint density at radius 1 is 0.833 bits per heavy atom. The molecule has 24 heavy (non-hydrogen) atoms. The number of aryl methyl sites for hydroxylation is 5. The standard InChI is InChI=1S/C20H24N2O2/c1-12-8-15(4)19(16(5)9-12)22-18(23)11-21-20(24)17-7-6-13(2)14(3)10-17/h6-10H,11H2,1-5H3,(H,21,24)(H,22,23). The summed E-state index contributed by atoms with van der Waals surface area (Å²) in [4.78, 5) is 24.3. The van der Waals surface area contributed by atoms with Crippen molar-refractivity contribution in [2.75, 3.05) is 11.9 Å². The molecule has 0 atom stereocenters. The van der Waals surface area contributed by atoms with Crippen LogP contribution in [0.25, 0.3) is 0 Å². The topological polar surface area (TPSA) is 58.2 Å². The lowest BCUT2D eigenvalue weighted by atomic mass is 10.1. The van der Waals surface area contributed by atoms with E-state index in [2.05, 4.69) is 10.6 Å². The van der Waals surface area contributed by atoms with Crippen LogP contribution in [0.3, 0.4) is 0 Å². The van der Waals surface area contributed by atoms with Gasteiger partial charge in [0.25, 0.3) is 5.91 Å². The molecule has 4 nitrogen and oxygen atoms in total. The summed E-state index contributed by atoms with van der Waals surface area (Å²) in [5.74, 6) is -0.479. The second kappa shape index (κ2) is 7.30. The van der Waals surface area contributed by atoms with Crippen LogP contribution in [-0.4, -0.2) is 18.4 Å². The molecule has 0 aromatic heterocycles. The highest BCUT2D eigenvalue weighted by molar-refractivity contribution is 6.00. The van der Waals surface area contributed by atoms with Crippen molar-refractivity contribution in [1.82, 2.24) is 5.32 Å². The lowest BCUT2D eigenvalue weighted by Crippen LogP contribution is -2.33. The molecule has 0 saturated carbocycles. The van der Waals surface area contributed by atoms with Crippen LogP contribution in [0.15, 0.2) is 30.3 Å². The summed E-state index contributed by atoms with van der Waals surface area (Å²) in [7, 11) is 0. The van der Waals surface area contributed by atoms with Gasteiger partial charge >= 0.3 is 0 Å². The van der Waals surface area contributed by atoms with Gasteiger partial charge in [-0.15, -0.1) is 0 Å². The van der Waals surface area contributed by atoms with Gasteiger partial charge in [-0.2, -0.15) is 0 Å². The number of amides is 2. The minimum atomic E-state index is -0.245. The molecule has 4 heteroatoms. The Labute approximate surface area is 143 Å². The van der Waals surface area contributed by atoms with Gasteiger partial charge in [-0.3, -0.25) is 9.59 Å². The van der Waals surface area contributed by atoms with Gasteiger partial charge in [-0.25, -0.2) is 0 Å². The Bertz CT molecular complexity index is 771. The molecule has 0 fully saturated rings. The molecule has 126 valence electrons. The average molecular weight is 324 g/mol. The van der Waals surface area contributed by atoms with Crippen LogP contribution in [0.2, 0.25) is 0 Å². The van der Waals surface area contributed by atoms with E-state index in [0.717, 1.165) is 33.5 Å². The number of carbonyl (C=O) groups excluding carboxylic acids is 2. The zero-order valence-electron chi connectivity index (χ0n) is 14.9. The lowest BCUT2D eigenvalue weighted by Gasteiger charge is -2.13. The van der Waals surface area contributed by atoms with Crippen LogP contribution >= 0.6 is 0 Å². The van der Waals surface area contributed by atoms with E-state index in [1.165, 1.54) is 0 Å². The minimum absolute atomic E-state index is 0.0570. The van der Waals surface area contributed by atoms with Crippen molar-refractivity contribution < 1.29 is 9.59 Å². The molecule has 0 saturated heterocycles. The minimum Gasteiger partial charge on any atom is -0.343 e. The van der Waals surface area contributed by atoms with Gasteiger partial charge < -0.3 is 10.6 Å². The SMILES string of the molecule is Cc1cc(C)c(NC(=O)CNC(=O)c2ccc(C)c(C)c2)c(C)c1. The monoisotopic (exact) mass is 324 g/mol. The summed E-state index contributed by atoms with van der Waals surface area (Å²) >= 11 is 0. The van der Waals surface area contributed by atoms with Crippen LogP contribution < -0.4 is 10.6 Å². The number of benzene rings is 2. The summed E-state index contributed by atoms with van der Waals surface area (Å²) < 4.78 is 0. The van der Waals surface area contributed by atoms with Gasteiger partial charge in [0.2, 0.25) is 5.91 Å². The van der Waals surface area contributed by atoms with E-state index >= 15 is 0 Å². The number of carbonyl (C=O) groups is 2. The zero-order valence-corrected chi connectivity index (χ0v) is 14.9. The second-order valence-corrected chi connectivity index (χ2v) is 6.30. The Kier molecular flexibility index (Phi) is 5.39. The second-order valence-electron chi connectivity index (χ2n) is 6.30. The quantitative estimate of drug-likeness (QED) is 0.903. The predicted octanol–water partition coefficient (Wildman–Crippen LogP) is 3.60. The van der Waals surface area contributed by atoms with Crippen LogP contribution in [-0.2, 0) is 4.79 Å². The zero-order chi connectivity index (χ0) is 17.9. The molecular formula is C20H24N2O2. The van der Waals surface area contributed by atoms with Gasteiger partial charge in [0.1, 0.15) is 0 Å². The molecular weight excluding hydrogens is 300 g/mol. The Hall–Kier alpha value is -2.62. The van der Waals surface area contributed by atoms with E-state index in [1.54, 1.807) is 6.07 Å². The molecule has 2 amide bonds. The van der Waals surface area contributed by atoms with Crippen molar-refractivity contribution >= 4 is 17.5 Å². The van der Waals surface area contributed by atoms with Crippen molar-refractivity contribution in [1.29, 1.82) is 0 Å². The summed E-state index contributed by atoms with van der Waals surface area (Å²) in [6.45, 7) is 9.85. The van der Waals surface area contributed by atoms with Gasteiger partial charge in [0.05, 0.1) is 6.54 Å². The fraction of sp³-hybridized carbons (Fsp3) is 0.300. The highest BCUT2D eigenvalue weighted by Crippen LogP contribution is 2.21. The van der Waals surface area contributed by atoms with Gasteiger partial charge in [0.15, 0.2) is 0 Å². The molecule has 0 radical (unpaired) electrons. The van der Waals surface area contributed by atoms with Crippen molar-refractivity contribution in [3.05, 3.63) is 63.7 Å². The summed E-state index contributed by atoms with van der Waals surface area (Å²) in [6, 6.07) is 9.55. The number of hydrogen-bond acceptors (Lipinski definition) is 2. The highest BCUT2D eigenvalue weighted by Gasteiger charge is 2.11. The van der Waals surface area contributed by atoms with Crippen LogP contribution in [0.5, 0.6) is 0 Å². The molecule has 0 bridgehead atoms. The molecule has 0 spiro atoms. The lowest BCUT2D eigenvalue weighted by molar-refractivity contribution is -0.115. The van der Waals surface area contributed by atoms with Crippen molar-refractivity contribution in [2.45, 2.75) is 34.6 Å². The van der Waals surface area contributed by atoms with E-state index in [4.69, 9.17) is 0 Å². The van der Waals surface area contributed by atoms with Crippen molar-refractivity contribution in [3.8, 4) is 0 Å². The average Bonchev–Trinajstić information content (AvgIpc) is 2.51. The smallest absolute Gasteiger partial charge is 0.251 e. The maximum absolute atomic E-state index is 12.2. The number of rotatable bonds is 4. The van der Waals surface area contributed by atoms with Crippen LogP contribution in [0.4, 0.5) is 5.69 Å². The number of nitrogens with one attached hydrogen (secondary N) is 2. The molecule has 0 heterocycles. The first kappa shape index (κ1) is 17.7. The largest absolute Gasteiger partial charge is 0.343 e. The van der Waals surface area contributed by atoms with Crippen molar-refractivity contribution in [3.63, 3.8) is 0 Å². The molecule has 0 aliphatic rings. The summed E-state index contributed by atoms with van der Waals surface area (Å²) in [6.07, 6.45) is 0. The highest BCUT2D eigenvalue weighted by atomic mass is 16.2. The summed E-state index contributed by atoms with van der Waals surface area (Å²) in [5.41, 5.74) is 6.75. The van der Waals surface area contributed by atoms with Gasteiger partial charge in [0, 0.05) is 11.3 Å². The van der Waals surface area contributed by atoms with Crippen molar-refractivity contribution in [2.24, 2.45) is 0 Å². The molecule has 0 aliphatic heterocycles. The van der Waals surface area contributed by atoms with E-state index in [0.29, 0.717) is 5.56 Å². The Morgan fingerprint density at radius 2 is 1.46 bits per heavy atom. The van der Waals surface area contributed by atoms with Gasteiger partial charge in [-0.1, -0.05) is 23.8 Å². The first-order valence-corrected chi connectivity index (χ1v) is 8.01. The normalized spacial score (nSPS) is 10.4. The Balaban J connectivity index is 1.98. The molecule has 2 aromatic carbocycles. The fourth-order valence-electron chi connectivity index (χ4n) is 2.71. The molecule has 2 rings (SSSR count). The molecule has 2 aromatic rings. The maximum atomic E-state index is 12.2. The maximum Gasteiger partial charge on any atom is 0.251 e. The van der Waals surface area contributed by atoms with Crippen LogP contribution in [0, 0.1) is 34.6 Å². The fourth-order valence-corrected chi connectivity index (χ4v) is 2.71. The van der Waals surface area contributed by atoms with E-state index in [-0.39, 0.29) is 18.4 Å². The third-order valence-corrected chi connectivity index (χ3v) is 4.12.